The van der Waals surface area contributed by atoms with Crippen LogP contribution in [0.2, 0.25) is 0 Å². The lowest BCUT2D eigenvalue weighted by Crippen LogP contribution is -2.39. The molecule has 4 aromatic rings. The molecule has 0 radical (unpaired) electrons. The van der Waals surface area contributed by atoms with Gasteiger partial charge in [-0.3, -0.25) is 14.7 Å². The van der Waals surface area contributed by atoms with Gasteiger partial charge < -0.3 is 24.3 Å². The summed E-state index contributed by atoms with van der Waals surface area (Å²) < 4.78 is 17.2. The molecule has 0 spiro atoms. The summed E-state index contributed by atoms with van der Waals surface area (Å²) in [7, 11) is 6.26. The van der Waals surface area contributed by atoms with Crippen LogP contribution in [0.25, 0.3) is 16.6 Å². The van der Waals surface area contributed by atoms with Crippen LogP contribution in [0.1, 0.15) is 22.9 Å². The van der Waals surface area contributed by atoms with Gasteiger partial charge in [0.15, 0.2) is 11.5 Å². The molecule has 2 aromatic carbocycles. The molecule has 0 aliphatic carbocycles. The van der Waals surface area contributed by atoms with Crippen LogP contribution in [-0.2, 0) is 6.42 Å². The monoisotopic (exact) mass is 478 g/mol. The topological polar surface area (TPSA) is 122 Å². The van der Waals surface area contributed by atoms with Gasteiger partial charge in [0.1, 0.15) is 5.56 Å². The van der Waals surface area contributed by atoms with Crippen molar-refractivity contribution in [2.45, 2.75) is 12.5 Å². The first kappa shape index (κ1) is 22.6. The molecule has 3 N–H and O–H groups in total. The Bertz CT molecular complexity index is 1530. The van der Waals surface area contributed by atoms with Crippen molar-refractivity contribution in [3.63, 3.8) is 0 Å². The summed E-state index contributed by atoms with van der Waals surface area (Å²) in [6.07, 6.45) is 0.789. The molecular weight excluding hydrogens is 452 g/mol. The molecule has 0 amide bonds. The van der Waals surface area contributed by atoms with Crippen molar-refractivity contribution in [3.05, 3.63) is 74.1 Å². The molecule has 0 bridgehead atoms. The molecule has 1 atom stereocenters. The largest absolute Gasteiger partial charge is 0.494 e. The molecule has 1 aliphatic rings. The number of hydrogen-bond donors (Lipinski definition) is 3. The standard InChI is InChI=1S/C25H26N4O6/c1-28-10-9-15-14-7-5-6-8-16(14)26-20(15)21(28)19-23(30)27-25(32)29(24(19)31)13-11-17(33-2)22(35-4)18(12-13)34-3/h5-8,11-12,21,26,31H,9-10H2,1-4H3,(H,27,30,32). The van der Waals surface area contributed by atoms with Crippen LogP contribution < -0.4 is 25.5 Å². The average Bonchev–Trinajstić information content (AvgIpc) is 3.23. The van der Waals surface area contributed by atoms with E-state index in [1.807, 2.05) is 36.2 Å². The molecule has 0 saturated heterocycles. The second-order valence-electron chi connectivity index (χ2n) is 8.41. The van der Waals surface area contributed by atoms with E-state index < -0.39 is 23.2 Å². The maximum atomic E-state index is 13.1. The summed E-state index contributed by atoms with van der Waals surface area (Å²) >= 11 is 0. The summed E-state index contributed by atoms with van der Waals surface area (Å²) in [6.45, 7) is 0.668. The van der Waals surface area contributed by atoms with Gasteiger partial charge in [0.2, 0.25) is 11.6 Å². The van der Waals surface area contributed by atoms with Crippen molar-refractivity contribution in [3.8, 4) is 28.8 Å². The lowest BCUT2D eigenvalue weighted by Gasteiger charge is -2.33. The van der Waals surface area contributed by atoms with Crippen molar-refractivity contribution in [2.24, 2.45) is 0 Å². The number of methoxy groups -OCH3 is 3. The van der Waals surface area contributed by atoms with Gasteiger partial charge in [-0.25, -0.2) is 9.36 Å². The third kappa shape index (κ3) is 3.45. The summed E-state index contributed by atoms with van der Waals surface area (Å²) in [4.78, 5) is 33.8. The molecule has 0 fully saturated rings. The van der Waals surface area contributed by atoms with Crippen LogP contribution in [-0.4, -0.2) is 59.5 Å². The molecule has 10 heteroatoms. The highest BCUT2D eigenvalue weighted by molar-refractivity contribution is 5.85. The van der Waals surface area contributed by atoms with E-state index in [1.54, 1.807) is 0 Å². The molecule has 3 heterocycles. The highest BCUT2D eigenvalue weighted by atomic mass is 16.5. The van der Waals surface area contributed by atoms with E-state index in [2.05, 4.69) is 9.97 Å². The summed E-state index contributed by atoms with van der Waals surface area (Å²) in [5.74, 6) is 0.476. The van der Waals surface area contributed by atoms with Gasteiger partial charge in [-0.2, -0.15) is 0 Å². The quantitative estimate of drug-likeness (QED) is 0.402. The first-order valence-corrected chi connectivity index (χ1v) is 11.1. The third-order valence-corrected chi connectivity index (χ3v) is 6.58. The lowest BCUT2D eigenvalue weighted by molar-refractivity contribution is 0.251. The summed E-state index contributed by atoms with van der Waals surface area (Å²) in [5, 5.41) is 12.5. The third-order valence-electron chi connectivity index (χ3n) is 6.58. The van der Waals surface area contributed by atoms with Crippen LogP contribution in [0.3, 0.4) is 0 Å². The van der Waals surface area contributed by atoms with Crippen LogP contribution in [0.4, 0.5) is 0 Å². The fraction of sp³-hybridized carbons (Fsp3) is 0.280. The molecule has 10 nitrogen and oxygen atoms in total. The van der Waals surface area contributed by atoms with Crippen LogP contribution >= 0.6 is 0 Å². The molecule has 1 unspecified atom stereocenters. The van der Waals surface area contributed by atoms with E-state index in [0.29, 0.717) is 23.8 Å². The Labute approximate surface area is 200 Å². The number of nitrogens with zero attached hydrogens (tertiary/aromatic N) is 2. The molecular formula is C25H26N4O6. The number of fused-ring (bicyclic) bond motifs is 3. The van der Waals surface area contributed by atoms with E-state index in [9.17, 15) is 14.7 Å². The van der Waals surface area contributed by atoms with Crippen LogP contribution in [0.5, 0.6) is 23.1 Å². The van der Waals surface area contributed by atoms with Gasteiger partial charge in [-0.15, -0.1) is 0 Å². The van der Waals surface area contributed by atoms with Crippen molar-refractivity contribution in [1.29, 1.82) is 0 Å². The van der Waals surface area contributed by atoms with Crippen LogP contribution in [0.15, 0.2) is 46.0 Å². The van der Waals surface area contributed by atoms with Crippen LogP contribution in [0, 0.1) is 0 Å². The number of aromatic hydroxyl groups is 1. The van der Waals surface area contributed by atoms with Gasteiger partial charge in [0.05, 0.1) is 33.1 Å². The van der Waals surface area contributed by atoms with E-state index in [0.717, 1.165) is 33.1 Å². The van der Waals surface area contributed by atoms with E-state index in [4.69, 9.17) is 14.2 Å². The predicted octanol–water partition coefficient (Wildman–Crippen LogP) is 2.32. The maximum absolute atomic E-state index is 13.1. The van der Waals surface area contributed by atoms with Crippen molar-refractivity contribution < 1.29 is 19.3 Å². The normalized spacial score (nSPS) is 15.7. The number of benzene rings is 2. The Morgan fingerprint density at radius 2 is 1.69 bits per heavy atom. The minimum Gasteiger partial charge on any atom is -0.494 e. The number of rotatable bonds is 5. The zero-order valence-corrected chi connectivity index (χ0v) is 19.8. The number of ether oxygens (including phenoxy) is 3. The van der Waals surface area contributed by atoms with Gasteiger partial charge in [-0.1, -0.05) is 18.2 Å². The molecule has 5 rings (SSSR count). The van der Waals surface area contributed by atoms with E-state index in [1.165, 1.54) is 33.5 Å². The van der Waals surface area contributed by atoms with Crippen molar-refractivity contribution >= 4 is 10.9 Å². The zero-order valence-electron chi connectivity index (χ0n) is 19.8. The number of likely N-dealkylation sites (N-methyl/N-ethyl adjacent to an activating group) is 1. The van der Waals surface area contributed by atoms with Crippen molar-refractivity contribution in [1.82, 2.24) is 19.4 Å². The lowest BCUT2D eigenvalue weighted by atomic mass is 9.94. The number of aromatic nitrogens is 3. The number of aromatic amines is 2. The number of hydrogen-bond acceptors (Lipinski definition) is 7. The number of H-pyrrole nitrogens is 2. The average molecular weight is 479 g/mol. The first-order chi connectivity index (χ1) is 16.9. The molecule has 0 saturated carbocycles. The molecule has 2 aromatic heterocycles. The van der Waals surface area contributed by atoms with Gasteiger partial charge in [0, 0.05) is 35.3 Å². The van der Waals surface area contributed by atoms with E-state index in [-0.39, 0.29) is 11.3 Å². The molecule has 182 valence electrons. The summed E-state index contributed by atoms with van der Waals surface area (Å²) in [6, 6.07) is 10.4. The molecule has 35 heavy (non-hydrogen) atoms. The maximum Gasteiger partial charge on any atom is 0.335 e. The Hall–Kier alpha value is -4.18. The van der Waals surface area contributed by atoms with Gasteiger partial charge in [0.25, 0.3) is 5.56 Å². The Balaban J connectivity index is 1.76. The fourth-order valence-corrected chi connectivity index (χ4v) is 4.95. The Morgan fingerprint density at radius 1 is 1.00 bits per heavy atom. The highest BCUT2D eigenvalue weighted by Crippen LogP contribution is 2.42. The second-order valence-corrected chi connectivity index (χ2v) is 8.41. The van der Waals surface area contributed by atoms with Crippen molar-refractivity contribution in [2.75, 3.05) is 34.9 Å². The number of nitrogens with one attached hydrogen (secondary N) is 2. The number of para-hydroxylation sites is 1. The minimum absolute atomic E-state index is 0.0633. The summed E-state index contributed by atoms with van der Waals surface area (Å²) in [5.41, 5.74) is 1.72. The Kier molecular flexibility index (Phi) is 5.52. The fourth-order valence-electron chi connectivity index (χ4n) is 4.95. The smallest absolute Gasteiger partial charge is 0.335 e. The van der Waals surface area contributed by atoms with E-state index >= 15 is 0 Å². The Morgan fingerprint density at radius 3 is 2.34 bits per heavy atom. The van der Waals surface area contributed by atoms with Gasteiger partial charge in [-0.05, 0) is 25.1 Å². The SMILES string of the molecule is COc1cc(-n2c(O)c(C3c4[nH]c5ccccc5c4CCN3C)c(=O)[nH]c2=O)cc(OC)c1OC. The zero-order chi connectivity index (χ0) is 24.9. The first-order valence-electron chi connectivity index (χ1n) is 11.1. The highest BCUT2D eigenvalue weighted by Gasteiger charge is 2.35. The molecule has 1 aliphatic heterocycles. The minimum atomic E-state index is -0.791. The second kappa shape index (κ2) is 8.55. The predicted molar refractivity (Wildman–Crippen MR) is 130 cm³/mol. The van der Waals surface area contributed by atoms with Gasteiger partial charge >= 0.3 is 5.69 Å².